The lowest BCUT2D eigenvalue weighted by Crippen LogP contribution is -2.40. The Hall–Kier alpha value is -3.65. The molecule has 7 nitrogen and oxygen atoms in total. The first-order valence-corrected chi connectivity index (χ1v) is 11.8. The zero-order valence-electron chi connectivity index (χ0n) is 19.5. The van der Waals surface area contributed by atoms with Crippen LogP contribution in [-0.4, -0.2) is 31.4 Å². The van der Waals surface area contributed by atoms with Crippen molar-refractivity contribution in [2.24, 2.45) is 4.99 Å². The van der Waals surface area contributed by atoms with E-state index in [2.05, 4.69) is 4.99 Å². The molecule has 0 bridgehead atoms. The van der Waals surface area contributed by atoms with Gasteiger partial charge in [-0.05, 0) is 31.1 Å². The third-order valence-electron chi connectivity index (χ3n) is 5.50. The first kappa shape index (κ1) is 23.5. The van der Waals surface area contributed by atoms with Crippen LogP contribution in [0.2, 0.25) is 0 Å². The van der Waals surface area contributed by atoms with E-state index in [1.54, 1.807) is 24.7 Å². The Kier molecular flexibility index (Phi) is 6.98. The van der Waals surface area contributed by atoms with E-state index in [0.717, 1.165) is 12.0 Å². The van der Waals surface area contributed by atoms with E-state index in [4.69, 9.17) is 14.2 Å². The summed E-state index contributed by atoms with van der Waals surface area (Å²) in [4.78, 5) is 31.7. The molecule has 0 unspecified atom stereocenters. The van der Waals surface area contributed by atoms with Gasteiger partial charge in [0.1, 0.15) is 6.04 Å². The molecule has 1 aliphatic rings. The number of fused-ring (bicyclic) bond motifs is 1. The molecule has 4 rings (SSSR count). The number of carbonyl (C=O) groups excluding carboxylic acids is 1. The Balaban J connectivity index is 2.02. The van der Waals surface area contributed by atoms with Gasteiger partial charge in [-0.25, -0.2) is 9.79 Å². The Morgan fingerprint density at radius 2 is 1.91 bits per heavy atom. The maximum absolute atomic E-state index is 13.7. The second kappa shape index (κ2) is 10.1. The predicted molar refractivity (Wildman–Crippen MR) is 131 cm³/mol. The first-order valence-electron chi connectivity index (χ1n) is 11.0. The molecular weight excluding hydrogens is 452 g/mol. The Bertz CT molecular complexity index is 1420. The molecule has 1 aromatic heterocycles. The molecule has 0 N–H and O–H groups in total. The van der Waals surface area contributed by atoms with Crippen LogP contribution in [-0.2, 0) is 9.53 Å². The van der Waals surface area contributed by atoms with E-state index in [0.29, 0.717) is 38.7 Å². The van der Waals surface area contributed by atoms with Crippen molar-refractivity contribution in [3.05, 3.63) is 90.6 Å². The van der Waals surface area contributed by atoms with E-state index in [1.807, 2.05) is 55.5 Å². The molecule has 3 aromatic rings. The number of allylic oxidation sites excluding steroid dienone is 1. The zero-order valence-corrected chi connectivity index (χ0v) is 20.3. The minimum Gasteiger partial charge on any atom is -0.493 e. The number of carbonyl (C=O) groups is 1. The number of aromatic nitrogens is 1. The van der Waals surface area contributed by atoms with Gasteiger partial charge in [-0.15, -0.1) is 0 Å². The quantitative estimate of drug-likeness (QED) is 0.488. The molecule has 34 heavy (non-hydrogen) atoms. The molecule has 0 saturated carbocycles. The fraction of sp³-hybridized carbons (Fsp3) is 0.269. The Labute approximate surface area is 201 Å². The summed E-state index contributed by atoms with van der Waals surface area (Å²) in [5.74, 6) is 0.467. The fourth-order valence-corrected chi connectivity index (χ4v) is 5.00. The van der Waals surface area contributed by atoms with Crippen LogP contribution in [0.15, 0.2) is 69.6 Å². The van der Waals surface area contributed by atoms with E-state index in [-0.39, 0.29) is 11.1 Å². The summed E-state index contributed by atoms with van der Waals surface area (Å²) >= 11 is 1.28. The lowest BCUT2D eigenvalue weighted by Gasteiger charge is -2.26. The van der Waals surface area contributed by atoms with Crippen molar-refractivity contribution < 1.29 is 19.0 Å². The van der Waals surface area contributed by atoms with Crippen molar-refractivity contribution in [3.8, 4) is 11.5 Å². The van der Waals surface area contributed by atoms with E-state index in [1.165, 1.54) is 18.4 Å². The van der Waals surface area contributed by atoms with Crippen LogP contribution in [0, 0.1) is 0 Å². The van der Waals surface area contributed by atoms with Crippen LogP contribution in [0.1, 0.15) is 37.4 Å². The molecule has 0 saturated heterocycles. The zero-order chi connectivity index (χ0) is 24.2. The lowest BCUT2D eigenvalue weighted by atomic mass is 9.94. The molecule has 0 fully saturated rings. The van der Waals surface area contributed by atoms with Crippen LogP contribution in [0.5, 0.6) is 11.5 Å². The highest BCUT2D eigenvalue weighted by atomic mass is 32.1. The summed E-state index contributed by atoms with van der Waals surface area (Å²) in [6.45, 7) is 4.21. The number of methoxy groups -OCH3 is 2. The number of thiazole rings is 1. The van der Waals surface area contributed by atoms with Crippen molar-refractivity contribution in [3.63, 3.8) is 0 Å². The van der Waals surface area contributed by atoms with Crippen molar-refractivity contribution in [1.29, 1.82) is 0 Å². The number of hydrogen-bond acceptors (Lipinski definition) is 7. The van der Waals surface area contributed by atoms with Crippen LogP contribution in [0.25, 0.3) is 6.08 Å². The monoisotopic (exact) mass is 478 g/mol. The average Bonchev–Trinajstić information content (AvgIpc) is 3.16. The van der Waals surface area contributed by atoms with Crippen LogP contribution < -0.4 is 24.4 Å². The molecule has 0 amide bonds. The molecule has 1 atom stereocenters. The van der Waals surface area contributed by atoms with Crippen LogP contribution >= 0.6 is 11.3 Å². The second-order valence-electron chi connectivity index (χ2n) is 7.71. The van der Waals surface area contributed by atoms with Crippen LogP contribution in [0.3, 0.4) is 0 Å². The first-order chi connectivity index (χ1) is 16.5. The standard InChI is InChI=1S/C26H26N2O5S/c1-5-14-33-23-18(12-9-13-19(23)31-3)22-21(25(30)32-4)16(2)27-26-28(22)24(29)20(34-26)15-17-10-7-6-8-11-17/h6-13,15,22H,5,14H2,1-4H3/b20-15-/t22-/m0/s1. The van der Waals surface area contributed by atoms with Crippen LogP contribution in [0.4, 0.5) is 0 Å². The molecule has 0 aliphatic carbocycles. The van der Waals surface area contributed by atoms with Gasteiger partial charge in [0.25, 0.3) is 5.56 Å². The number of rotatable bonds is 7. The molecule has 2 heterocycles. The molecule has 2 aromatic carbocycles. The second-order valence-corrected chi connectivity index (χ2v) is 8.72. The number of hydrogen-bond donors (Lipinski definition) is 0. The van der Waals surface area contributed by atoms with Gasteiger partial charge in [0, 0.05) is 5.56 Å². The Morgan fingerprint density at radius 1 is 1.15 bits per heavy atom. The van der Waals surface area contributed by atoms with Gasteiger partial charge in [-0.1, -0.05) is 60.7 Å². The largest absolute Gasteiger partial charge is 0.493 e. The van der Waals surface area contributed by atoms with Gasteiger partial charge in [0.05, 0.1) is 36.6 Å². The van der Waals surface area contributed by atoms with Crippen molar-refractivity contribution in [2.75, 3.05) is 20.8 Å². The van der Waals surface area contributed by atoms with Gasteiger partial charge in [-0.2, -0.15) is 0 Å². The smallest absolute Gasteiger partial charge is 0.338 e. The molecule has 8 heteroatoms. The normalized spacial score (nSPS) is 15.5. The number of para-hydroxylation sites is 1. The molecule has 1 aliphatic heterocycles. The molecule has 0 spiro atoms. The van der Waals surface area contributed by atoms with Gasteiger partial charge in [0.15, 0.2) is 16.3 Å². The predicted octanol–water partition coefficient (Wildman–Crippen LogP) is 3.21. The van der Waals surface area contributed by atoms with Gasteiger partial charge in [-0.3, -0.25) is 9.36 Å². The highest BCUT2D eigenvalue weighted by Gasteiger charge is 2.35. The van der Waals surface area contributed by atoms with Crippen molar-refractivity contribution in [2.45, 2.75) is 26.3 Å². The fourth-order valence-electron chi connectivity index (χ4n) is 3.95. The summed E-state index contributed by atoms with van der Waals surface area (Å²) in [7, 11) is 2.88. The van der Waals surface area contributed by atoms with E-state index < -0.39 is 12.0 Å². The van der Waals surface area contributed by atoms with Gasteiger partial charge >= 0.3 is 5.97 Å². The molecule has 176 valence electrons. The number of esters is 1. The third kappa shape index (κ3) is 4.28. The molecule has 0 radical (unpaired) electrons. The topological polar surface area (TPSA) is 79.1 Å². The Morgan fingerprint density at radius 3 is 2.59 bits per heavy atom. The average molecular weight is 479 g/mol. The van der Waals surface area contributed by atoms with E-state index >= 15 is 0 Å². The minimum atomic E-state index is -0.774. The van der Waals surface area contributed by atoms with E-state index in [9.17, 15) is 9.59 Å². The minimum absolute atomic E-state index is 0.240. The highest BCUT2D eigenvalue weighted by Crippen LogP contribution is 2.40. The van der Waals surface area contributed by atoms with Gasteiger partial charge < -0.3 is 14.2 Å². The number of ether oxygens (including phenoxy) is 3. The maximum atomic E-state index is 13.7. The summed E-state index contributed by atoms with van der Waals surface area (Å²) in [6.07, 6.45) is 2.62. The summed E-state index contributed by atoms with van der Waals surface area (Å²) in [5, 5.41) is 0. The summed E-state index contributed by atoms with van der Waals surface area (Å²) in [5.41, 5.74) is 2.08. The van der Waals surface area contributed by atoms with Gasteiger partial charge in [0.2, 0.25) is 0 Å². The third-order valence-corrected chi connectivity index (χ3v) is 6.48. The van der Waals surface area contributed by atoms with Crippen molar-refractivity contribution >= 4 is 23.4 Å². The highest BCUT2D eigenvalue weighted by molar-refractivity contribution is 7.07. The number of benzene rings is 2. The molecular formula is C26H26N2O5S. The SMILES string of the molecule is CCCOc1c(OC)cccc1[C@H]1C(C(=O)OC)=C(C)N=c2s/c(=C\c3ccccc3)c(=O)n21. The lowest BCUT2D eigenvalue weighted by molar-refractivity contribution is -0.136. The summed E-state index contributed by atoms with van der Waals surface area (Å²) in [6, 6.07) is 14.3. The maximum Gasteiger partial charge on any atom is 0.338 e. The van der Waals surface area contributed by atoms with Crippen molar-refractivity contribution in [1.82, 2.24) is 4.57 Å². The number of nitrogens with zero attached hydrogens (tertiary/aromatic N) is 2. The summed E-state index contributed by atoms with van der Waals surface area (Å²) < 4.78 is 18.8.